The zero-order chi connectivity index (χ0) is 16.7. The van der Waals surface area contributed by atoms with Gasteiger partial charge in [0.2, 0.25) is 0 Å². The molecule has 1 heterocycles. The number of nitrogens with one attached hydrogen (secondary N) is 2. The third kappa shape index (κ3) is 4.81. The van der Waals surface area contributed by atoms with Gasteiger partial charge in [0, 0.05) is 26.2 Å². The summed E-state index contributed by atoms with van der Waals surface area (Å²) in [5.41, 5.74) is 0.118. The Balaban J connectivity index is 1.78. The summed E-state index contributed by atoms with van der Waals surface area (Å²) in [6.45, 7) is 5.69. The average Bonchev–Trinajstić information content (AvgIpc) is 2.58. The first kappa shape index (κ1) is 17.0. The molecule has 1 aliphatic rings. The van der Waals surface area contributed by atoms with Crippen LogP contribution in [0.3, 0.4) is 0 Å². The number of likely N-dealkylation sites (tertiary alicyclic amines) is 1. The van der Waals surface area contributed by atoms with Gasteiger partial charge in [0.05, 0.1) is 5.56 Å². The van der Waals surface area contributed by atoms with Gasteiger partial charge in [-0.3, -0.25) is 4.79 Å². The summed E-state index contributed by atoms with van der Waals surface area (Å²) < 4.78 is 13.7. The van der Waals surface area contributed by atoms with E-state index in [1.54, 1.807) is 23.1 Å². The SMILES string of the molecule is C=CCNC(=O)NCC1CCN(C(=O)c2ccccc2F)CC1. The number of carbonyl (C=O) groups excluding carboxylic acids is 2. The van der Waals surface area contributed by atoms with Crippen molar-refractivity contribution in [3.63, 3.8) is 0 Å². The topological polar surface area (TPSA) is 61.4 Å². The maximum atomic E-state index is 13.7. The third-order valence-electron chi connectivity index (χ3n) is 3.96. The number of rotatable bonds is 5. The highest BCUT2D eigenvalue weighted by Gasteiger charge is 2.25. The molecule has 6 heteroatoms. The zero-order valence-electron chi connectivity index (χ0n) is 13.1. The van der Waals surface area contributed by atoms with Crippen molar-refractivity contribution < 1.29 is 14.0 Å². The minimum atomic E-state index is -0.486. The monoisotopic (exact) mass is 319 g/mol. The van der Waals surface area contributed by atoms with Gasteiger partial charge in [-0.1, -0.05) is 18.2 Å². The fraction of sp³-hybridized carbons (Fsp3) is 0.412. The normalized spacial score (nSPS) is 15.1. The molecule has 2 rings (SSSR count). The Bertz CT molecular complexity index is 569. The second-order valence-electron chi connectivity index (χ2n) is 5.60. The highest BCUT2D eigenvalue weighted by molar-refractivity contribution is 5.94. The predicted molar refractivity (Wildman–Crippen MR) is 86.6 cm³/mol. The van der Waals surface area contributed by atoms with Crippen LogP contribution in [0.25, 0.3) is 0 Å². The van der Waals surface area contributed by atoms with Gasteiger partial charge in [0.1, 0.15) is 5.82 Å². The fourth-order valence-corrected chi connectivity index (χ4v) is 2.61. The van der Waals surface area contributed by atoms with E-state index in [1.165, 1.54) is 12.1 Å². The van der Waals surface area contributed by atoms with Crippen LogP contribution in [0.15, 0.2) is 36.9 Å². The lowest BCUT2D eigenvalue weighted by atomic mass is 9.96. The average molecular weight is 319 g/mol. The first-order valence-corrected chi connectivity index (χ1v) is 7.78. The maximum Gasteiger partial charge on any atom is 0.315 e. The molecule has 0 spiro atoms. The van der Waals surface area contributed by atoms with Crippen LogP contribution in [-0.2, 0) is 0 Å². The first-order valence-electron chi connectivity index (χ1n) is 7.78. The van der Waals surface area contributed by atoms with Gasteiger partial charge in [-0.25, -0.2) is 9.18 Å². The smallest absolute Gasteiger partial charge is 0.315 e. The van der Waals surface area contributed by atoms with Gasteiger partial charge in [0.15, 0.2) is 0 Å². The van der Waals surface area contributed by atoms with Crippen molar-refractivity contribution in [3.8, 4) is 0 Å². The van der Waals surface area contributed by atoms with Gasteiger partial charge in [-0.2, -0.15) is 0 Å². The van der Waals surface area contributed by atoms with Gasteiger partial charge < -0.3 is 15.5 Å². The molecule has 2 N–H and O–H groups in total. The summed E-state index contributed by atoms with van der Waals surface area (Å²) in [4.78, 5) is 25.4. The predicted octanol–water partition coefficient (Wildman–Crippen LogP) is 2.16. The Morgan fingerprint density at radius 1 is 1.26 bits per heavy atom. The van der Waals surface area contributed by atoms with Crippen LogP contribution in [0.2, 0.25) is 0 Å². The Labute approximate surface area is 135 Å². The van der Waals surface area contributed by atoms with Gasteiger partial charge >= 0.3 is 6.03 Å². The molecule has 0 unspecified atom stereocenters. The molecule has 1 fully saturated rings. The van der Waals surface area contributed by atoms with E-state index in [0.29, 0.717) is 32.1 Å². The van der Waals surface area contributed by atoms with Crippen molar-refractivity contribution in [2.24, 2.45) is 5.92 Å². The minimum absolute atomic E-state index is 0.118. The molecule has 0 radical (unpaired) electrons. The Hall–Kier alpha value is -2.37. The maximum absolute atomic E-state index is 13.7. The minimum Gasteiger partial charge on any atom is -0.339 e. The number of hydrogen-bond acceptors (Lipinski definition) is 2. The van der Waals surface area contributed by atoms with Gasteiger partial charge in [-0.05, 0) is 30.9 Å². The Morgan fingerprint density at radius 3 is 2.61 bits per heavy atom. The van der Waals surface area contributed by atoms with E-state index in [1.807, 2.05) is 0 Å². The lowest BCUT2D eigenvalue weighted by molar-refractivity contribution is 0.0686. The van der Waals surface area contributed by atoms with E-state index in [-0.39, 0.29) is 17.5 Å². The largest absolute Gasteiger partial charge is 0.339 e. The molecular weight excluding hydrogens is 297 g/mol. The number of hydrogen-bond donors (Lipinski definition) is 2. The molecular formula is C17H22FN3O2. The molecule has 124 valence electrons. The van der Waals surface area contributed by atoms with Gasteiger partial charge in [0.25, 0.3) is 5.91 Å². The van der Waals surface area contributed by atoms with Crippen LogP contribution in [0, 0.1) is 11.7 Å². The number of carbonyl (C=O) groups is 2. The fourth-order valence-electron chi connectivity index (χ4n) is 2.61. The second kappa shape index (κ2) is 8.31. The molecule has 0 atom stereocenters. The van der Waals surface area contributed by atoms with Crippen molar-refractivity contribution in [1.29, 1.82) is 0 Å². The van der Waals surface area contributed by atoms with E-state index in [9.17, 15) is 14.0 Å². The van der Waals surface area contributed by atoms with Crippen LogP contribution < -0.4 is 10.6 Å². The van der Waals surface area contributed by atoms with Crippen molar-refractivity contribution in [3.05, 3.63) is 48.3 Å². The third-order valence-corrected chi connectivity index (χ3v) is 3.96. The summed E-state index contributed by atoms with van der Waals surface area (Å²) in [5.74, 6) is -0.424. The summed E-state index contributed by atoms with van der Waals surface area (Å²) in [5, 5.41) is 5.46. The first-order chi connectivity index (χ1) is 11.1. The molecule has 0 aromatic heterocycles. The summed E-state index contributed by atoms with van der Waals surface area (Å²) in [7, 11) is 0. The van der Waals surface area contributed by atoms with Gasteiger partial charge in [-0.15, -0.1) is 6.58 Å². The summed E-state index contributed by atoms with van der Waals surface area (Å²) in [6.07, 6.45) is 3.20. The van der Waals surface area contributed by atoms with Crippen molar-refractivity contribution in [2.45, 2.75) is 12.8 Å². The van der Waals surface area contributed by atoms with E-state index in [2.05, 4.69) is 17.2 Å². The quantitative estimate of drug-likeness (QED) is 0.817. The molecule has 0 saturated carbocycles. The van der Waals surface area contributed by atoms with E-state index in [4.69, 9.17) is 0 Å². The van der Waals surface area contributed by atoms with E-state index >= 15 is 0 Å². The van der Waals surface area contributed by atoms with Crippen LogP contribution in [-0.4, -0.2) is 43.0 Å². The molecule has 0 aliphatic carbocycles. The Kier molecular flexibility index (Phi) is 6.14. The van der Waals surface area contributed by atoms with Crippen LogP contribution >= 0.6 is 0 Å². The molecule has 1 saturated heterocycles. The molecule has 23 heavy (non-hydrogen) atoms. The van der Waals surface area contributed by atoms with Crippen molar-refractivity contribution in [2.75, 3.05) is 26.2 Å². The van der Waals surface area contributed by atoms with Crippen LogP contribution in [0.5, 0.6) is 0 Å². The molecule has 3 amide bonds. The second-order valence-corrected chi connectivity index (χ2v) is 5.60. The summed E-state index contributed by atoms with van der Waals surface area (Å²) in [6, 6.07) is 5.83. The van der Waals surface area contributed by atoms with Crippen molar-refractivity contribution >= 4 is 11.9 Å². The number of nitrogens with zero attached hydrogens (tertiary/aromatic N) is 1. The van der Waals surface area contributed by atoms with E-state index < -0.39 is 5.82 Å². The number of amides is 3. The number of benzene rings is 1. The molecule has 1 aromatic carbocycles. The Morgan fingerprint density at radius 2 is 1.96 bits per heavy atom. The highest BCUT2D eigenvalue weighted by atomic mass is 19.1. The molecule has 1 aliphatic heterocycles. The number of halogens is 1. The zero-order valence-corrected chi connectivity index (χ0v) is 13.1. The highest BCUT2D eigenvalue weighted by Crippen LogP contribution is 2.19. The van der Waals surface area contributed by atoms with Crippen LogP contribution in [0.4, 0.5) is 9.18 Å². The van der Waals surface area contributed by atoms with E-state index in [0.717, 1.165) is 12.8 Å². The molecule has 5 nitrogen and oxygen atoms in total. The summed E-state index contributed by atoms with van der Waals surface area (Å²) >= 11 is 0. The lowest BCUT2D eigenvalue weighted by Crippen LogP contribution is -2.43. The standard InChI is InChI=1S/C17H22FN3O2/c1-2-9-19-17(23)20-12-13-7-10-21(11-8-13)16(22)14-5-3-4-6-15(14)18/h2-6,13H,1,7-12H2,(H2,19,20,23). The number of urea groups is 1. The lowest BCUT2D eigenvalue weighted by Gasteiger charge is -2.32. The molecule has 1 aromatic rings. The molecule has 0 bridgehead atoms. The van der Waals surface area contributed by atoms with Crippen LogP contribution in [0.1, 0.15) is 23.2 Å². The van der Waals surface area contributed by atoms with Crippen molar-refractivity contribution in [1.82, 2.24) is 15.5 Å². The number of piperidine rings is 1.